The molecule has 0 heterocycles. The molecule has 98 valence electrons. The normalized spacial score (nSPS) is 10.0. The predicted octanol–water partition coefficient (Wildman–Crippen LogP) is 2.26. The van der Waals surface area contributed by atoms with Crippen LogP contribution in [-0.2, 0) is 9.53 Å². The Morgan fingerprint density at radius 2 is 1.67 bits per heavy atom. The lowest BCUT2D eigenvalue weighted by Crippen LogP contribution is -2.00. The number of benzene rings is 1. The number of carbonyl (C=O) groups excluding carboxylic acids is 2. The van der Waals surface area contributed by atoms with Crippen molar-refractivity contribution in [1.82, 2.24) is 0 Å². The van der Waals surface area contributed by atoms with Gasteiger partial charge in [-0.15, -0.1) is 0 Å². The lowest BCUT2D eigenvalue weighted by molar-refractivity contribution is -0.111. The van der Waals surface area contributed by atoms with Crippen molar-refractivity contribution in [3.63, 3.8) is 0 Å². The van der Waals surface area contributed by atoms with Crippen molar-refractivity contribution in [3.05, 3.63) is 29.8 Å². The molecule has 0 unspecified atom stereocenters. The van der Waals surface area contributed by atoms with Gasteiger partial charge in [-0.3, -0.25) is 4.79 Å². The SMILES string of the molecule is O=CCOCCCCCOc1ccc(C=O)cc1. The fraction of sp³-hybridized carbons (Fsp3) is 0.429. The van der Waals surface area contributed by atoms with Crippen molar-refractivity contribution in [2.75, 3.05) is 19.8 Å². The molecule has 0 saturated carbocycles. The first-order valence-electron chi connectivity index (χ1n) is 6.06. The van der Waals surface area contributed by atoms with Gasteiger partial charge in [-0.05, 0) is 43.5 Å². The monoisotopic (exact) mass is 250 g/mol. The first kappa shape index (κ1) is 14.4. The average Bonchev–Trinajstić information content (AvgIpc) is 2.42. The number of hydrogen-bond donors (Lipinski definition) is 0. The molecule has 0 aliphatic heterocycles. The third kappa shape index (κ3) is 6.15. The summed E-state index contributed by atoms with van der Waals surface area (Å²) >= 11 is 0. The van der Waals surface area contributed by atoms with E-state index in [9.17, 15) is 9.59 Å². The minimum atomic E-state index is 0.180. The fourth-order valence-corrected chi connectivity index (χ4v) is 1.45. The summed E-state index contributed by atoms with van der Waals surface area (Å²) in [6, 6.07) is 7.04. The van der Waals surface area contributed by atoms with Gasteiger partial charge in [0.25, 0.3) is 0 Å². The number of hydrogen-bond acceptors (Lipinski definition) is 4. The van der Waals surface area contributed by atoms with Crippen LogP contribution in [0.25, 0.3) is 0 Å². The molecule has 0 N–H and O–H groups in total. The molecule has 0 radical (unpaired) electrons. The van der Waals surface area contributed by atoms with Crippen LogP contribution in [0.5, 0.6) is 5.75 Å². The Balaban J connectivity index is 2.03. The highest BCUT2D eigenvalue weighted by Gasteiger charge is 1.95. The maximum atomic E-state index is 10.5. The molecule has 0 amide bonds. The number of carbonyl (C=O) groups is 2. The summed E-state index contributed by atoms with van der Waals surface area (Å²) in [6.07, 6.45) is 4.45. The Morgan fingerprint density at radius 3 is 2.33 bits per heavy atom. The van der Waals surface area contributed by atoms with Crippen LogP contribution in [0.1, 0.15) is 29.6 Å². The van der Waals surface area contributed by atoms with Crippen molar-refractivity contribution in [1.29, 1.82) is 0 Å². The molecule has 1 rings (SSSR count). The largest absolute Gasteiger partial charge is 0.494 e. The standard InChI is InChI=1S/C14H18O4/c15-8-11-17-9-2-1-3-10-18-14-6-4-13(12-16)5-7-14/h4-8,12H,1-3,9-11H2. The van der Waals surface area contributed by atoms with Gasteiger partial charge in [-0.1, -0.05) is 0 Å². The van der Waals surface area contributed by atoms with Crippen molar-refractivity contribution in [2.45, 2.75) is 19.3 Å². The molecule has 0 aliphatic carbocycles. The molecule has 0 aromatic heterocycles. The average molecular weight is 250 g/mol. The topological polar surface area (TPSA) is 52.6 Å². The van der Waals surface area contributed by atoms with Gasteiger partial charge in [0.15, 0.2) is 0 Å². The molecule has 0 fully saturated rings. The predicted molar refractivity (Wildman–Crippen MR) is 68.1 cm³/mol. The van der Waals surface area contributed by atoms with E-state index in [0.717, 1.165) is 37.6 Å². The zero-order valence-corrected chi connectivity index (χ0v) is 10.3. The Morgan fingerprint density at radius 1 is 0.944 bits per heavy atom. The smallest absolute Gasteiger partial charge is 0.150 e. The molecule has 0 atom stereocenters. The molecular formula is C14H18O4. The number of ether oxygens (including phenoxy) is 2. The number of aldehydes is 2. The summed E-state index contributed by atoms with van der Waals surface area (Å²) in [4.78, 5) is 20.4. The lowest BCUT2D eigenvalue weighted by Gasteiger charge is -2.06. The molecule has 1 aromatic carbocycles. The van der Waals surface area contributed by atoms with Crippen LogP contribution in [0, 0.1) is 0 Å². The third-order valence-corrected chi connectivity index (χ3v) is 2.40. The Labute approximate surface area is 107 Å². The van der Waals surface area contributed by atoms with Gasteiger partial charge in [0, 0.05) is 12.2 Å². The second kappa shape index (κ2) is 9.36. The van der Waals surface area contributed by atoms with E-state index in [2.05, 4.69) is 0 Å². The molecule has 4 nitrogen and oxygen atoms in total. The summed E-state index contributed by atoms with van der Waals surface area (Å²) < 4.78 is 10.6. The molecule has 4 heteroatoms. The molecular weight excluding hydrogens is 232 g/mol. The summed E-state index contributed by atoms with van der Waals surface area (Å²) in [5, 5.41) is 0. The van der Waals surface area contributed by atoms with Gasteiger partial charge in [-0.2, -0.15) is 0 Å². The third-order valence-electron chi connectivity index (χ3n) is 2.40. The van der Waals surface area contributed by atoms with Crippen LogP contribution in [0.4, 0.5) is 0 Å². The maximum absolute atomic E-state index is 10.5. The highest BCUT2D eigenvalue weighted by Crippen LogP contribution is 2.11. The quantitative estimate of drug-likeness (QED) is 0.472. The summed E-state index contributed by atoms with van der Waals surface area (Å²) in [7, 11) is 0. The highest BCUT2D eigenvalue weighted by atomic mass is 16.5. The van der Waals surface area contributed by atoms with Crippen molar-refractivity contribution >= 4 is 12.6 Å². The Kier molecular flexibility index (Phi) is 7.48. The zero-order chi connectivity index (χ0) is 13.1. The molecule has 18 heavy (non-hydrogen) atoms. The van der Waals surface area contributed by atoms with E-state index in [1.54, 1.807) is 24.3 Å². The van der Waals surface area contributed by atoms with E-state index in [1.807, 2.05) is 0 Å². The van der Waals surface area contributed by atoms with Gasteiger partial charge in [0.05, 0.1) is 6.61 Å². The summed E-state index contributed by atoms with van der Waals surface area (Å²) in [5.74, 6) is 0.776. The first-order valence-corrected chi connectivity index (χ1v) is 6.06. The second-order valence-electron chi connectivity index (χ2n) is 3.84. The Bertz CT molecular complexity index is 345. The molecule has 0 saturated heterocycles. The lowest BCUT2D eigenvalue weighted by atomic mass is 10.2. The number of rotatable bonds is 10. The van der Waals surface area contributed by atoms with E-state index < -0.39 is 0 Å². The van der Waals surface area contributed by atoms with Crippen LogP contribution in [-0.4, -0.2) is 32.4 Å². The van der Waals surface area contributed by atoms with Gasteiger partial charge in [0.1, 0.15) is 24.9 Å². The summed E-state index contributed by atoms with van der Waals surface area (Å²) in [5.41, 5.74) is 0.648. The van der Waals surface area contributed by atoms with Crippen LogP contribution >= 0.6 is 0 Å². The van der Waals surface area contributed by atoms with Gasteiger partial charge < -0.3 is 14.3 Å². The molecule has 1 aromatic rings. The molecule has 0 bridgehead atoms. The number of unbranched alkanes of at least 4 members (excludes halogenated alkanes) is 2. The Hall–Kier alpha value is -1.68. The van der Waals surface area contributed by atoms with Crippen LogP contribution in [0.15, 0.2) is 24.3 Å². The van der Waals surface area contributed by atoms with Gasteiger partial charge in [-0.25, -0.2) is 0 Å². The minimum absolute atomic E-state index is 0.180. The minimum Gasteiger partial charge on any atom is -0.494 e. The van der Waals surface area contributed by atoms with E-state index >= 15 is 0 Å². The van der Waals surface area contributed by atoms with E-state index in [4.69, 9.17) is 9.47 Å². The molecule has 0 spiro atoms. The highest BCUT2D eigenvalue weighted by molar-refractivity contribution is 5.74. The fourth-order valence-electron chi connectivity index (χ4n) is 1.45. The second-order valence-corrected chi connectivity index (χ2v) is 3.84. The van der Waals surface area contributed by atoms with E-state index in [0.29, 0.717) is 18.8 Å². The zero-order valence-electron chi connectivity index (χ0n) is 10.3. The van der Waals surface area contributed by atoms with Crippen molar-refractivity contribution in [3.8, 4) is 5.75 Å². The van der Waals surface area contributed by atoms with Gasteiger partial charge in [0.2, 0.25) is 0 Å². The maximum Gasteiger partial charge on any atom is 0.150 e. The first-order chi connectivity index (χ1) is 8.86. The van der Waals surface area contributed by atoms with Crippen LogP contribution < -0.4 is 4.74 Å². The van der Waals surface area contributed by atoms with Crippen LogP contribution in [0.3, 0.4) is 0 Å². The van der Waals surface area contributed by atoms with Crippen LogP contribution in [0.2, 0.25) is 0 Å². The van der Waals surface area contributed by atoms with E-state index in [1.165, 1.54) is 0 Å². The summed E-state index contributed by atoms with van der Waals surface area (Å²) in [6.45, 7) is 1.44. The van der Waals surface area contributed by atoms with Gasteiger partial charge >= 0.3 is 0 Å². The van der Waals surface area contributed by atoms with Crippen molar-refractivity contribution < 1.29 is 19.1 Å². The van der Waals surface area contributed by atoms with Crippen molar-refractivity contribution in [2.24, 2.45) is 0 Å². The molecule has 0 aliphatic rings. The van der Waals surface area contributed by atoms with E-state index in [-0.39, 0.29) is 6.61 Å².